The molecule has 0 saturated heterocycles. The van der Waals surface area contributed by atoms with Gasteiger partial charge in [0.05, 0.1) is 18.8 Å². The average molecular weight is 337 g/mol. The molecule has 7 nitrogen and oxygen atoms in total. The maximum absolute atomic E-state index is 12.8. The molecule has 1 aromatic carbocycles. The summed E-state index contributed by atoms with van der Waals surface area (Å²) in [6.45, 7) is 1.63. The van der Waals surface area contributed by atoms with Crippen LogP contribution in [0.3, 0.4) is 0 Å². The molecule has 0 aliphatic carbocycles. The first-order chi connectivity index (χ1) is 12.0. The van der Waals surface area contributed by atoms with Crippen molar-refractivity contribution in [2.75, 3.05) is 20.6 Å². The molecule has 0 spiro atoms. The van der Waals surface area contributed by atoms with E-state index in [9.17, 15) is 9.59 Å². The van der Waals surface area contributed by atoms with Crippen molar-refractivity contribution in [3.05, 3.63) is 53.5 Å². The van der Waals surface area contributed by atoms with Crippen LogP contribution in [-0.2, 0) is 13.1 Å². The summed E-state index contributed by atoms with van der Waals surface area (Å²) in [5.74, 6) is -0.131. The average Bonchev–Trinajstić information content (AvgIpc) is 3.25. The highest BCUT2D eigenvalue weighted by atomic mass is 16.2. The van der Waals surface area contributed by atoms with Gasteiger partial charge in [0, 0.05) is 43.3 Å². The van der Waals surface area contributed by atoms with Crippen molar-refractivity contribution in [3.8, 4) is 0 Å². The molecule has 25 heavy (non-hydrogen) atoms. The van der Waals surface area contributed by atoms with Gasteiger partial charge in [0.25, 0.3) is 11.8 Å². The number of amides is 2. The molecule has 2 aromatic heterocycles. The van der Waals surface area contributed by atoms with Crippen LogP contribution in [0.1, 0.15) is 26.5 Å². The van der Waals surface area contributed by atoms with E-state index < -0.39 is 0 Å². The Hall–Kier alpha value is -3.09. The number of fused-ring (bicyclic) bond motifs is 2. The number of carbonyl (C=O) groups excluding carboxylic acids is 2. The number of aromatic amines is 1. The molecule has 1 aliphatic heterocycles. The van der Waals surface area contributed by atoms with Crippen LogP contribution in [0, 0.1) is 0 Å². The number of rotatable bonds is 2. The molecule has 1 N–H and O–H groups in total. The number of nitrogens with one attached hydrogen (secondary N) is 1. The predicted molar refractivity (Wildman–Crippen MR) is 93.3 cm³/mol. The molecular formula is C18H19N5O2. The smallest absolute Gasteiger partial charge is 0.273 e. The number of nitrogens with zero attached hydrogens (tertiary/aromatic N) is 4. The number of benzene rings is 1. The Morgan fingerprint density at radius 1 is 1.16 bits per heavy atom. The van der Waals surface area contributed by atoms with Gasteiger partial charge in [0.15, 0.2) is 5.69 Å². The Balaban J connectivity index is 1.57. The molecule has 3 aromatic rings. The maximum atomic E-state index is 12.8. The van der Waals surface area contributed by atoms with Gasteiger partial charge in [0.1, 0.15) is 0 Å². The van der Waals surface area contributed by atoms with E-state index in [1.807, 2.05) is 35.1 Å². The molecule has 1 aliphatic rings. The van der Waals surface area contributed by atoms with E-state index in [2.05, 4.69) is 10.1 Å². The van der Waals surface area contributed by atoms with E-state index in [0.29, 0.717) is 30.9 Å². The minimum absolute atomic E-state index is 0.00367. The summed E-state index contributed by atoms with van der Waals surface area (Å²) < 4.78 is 1.82. The van der Waals surface area contributed by atoms with Crippen LogP contribution >= 0.6 is 0 Å². The second-order valence-corrected chi connectivity index (χ2v) is 6.45. The molecular weight excluding hydrogens is 318 g/mol. The fourth-order valence-corrected chi connectivity index (χ4v) is 3.14. The zero-order chi connectivity index (χ0) is 17.6. The minimum atomic E-state index is -0.127. The van der Waals surface area contributed by atoms with E-state index in [4.69, 9.17) is 0 Å². The molecule has 0 saturated carbocycles. The fourth-order valence-electron chi connectivity index (χ4n) is 3.14. The van der Waals surface area contributed by atoms with Crippen LogP contribution in [0.25, 0.3) is 10.9 Å². The van der Waals surface area contributed by atoms with Gasteiger partial charge in [-0.15, -0.1) is 0 Å². The van der Waals surface area contributed by atoms with E-state index in [1.54, 1.807) is 25.1 Å². The largest absolute Gasteiger partial charge is 0.361 e. The first-order valence-corrected chi connectivity index (χ1v) is 8.18. The Morgan fingerprint density at radius 2 is 2.00 bits per heavy atom. The van der Waals surface area contributed by atoms with Crippen molar-refractivity contribution in [2.45, 2.75) is 13.1 Å². The SMILES string of the molecule is CN(C)C(=O)c1cc2n(n1)CCN(C(=O)c1ccc3[nH]ccc3c1)C2. The summed E-state index contributed by atoms with van der Waals surface area (Å²) in [5.41, 5.74) is 2.99. The summed E-state index contributed by atoms with van der Waals surface area (Å²) in [6.07, 6.45) is 1.86. The summed E-state index contributed by atoms with van der Waals surface area (Å²) in [7, 11) is 3.40. The lowest BCUT2D eigenvalue weighted by atomic mass is 10.1. The van der Waals surface area contributed by atoms with Gasteiger partial charge in [-0.2, -0.15) is 5.10 Å². The third-order valence-corrected chi connectivity index (χ3v) is 4.51. The second kappa shape index (κ2) is 5.77. The Kier molecular flexibility index (Phi) is 3.56. The van der Waals surface area contributed by atoms with Crippen LogP contribution in [0.4, 0.5) is 0 Å². The molecule has 0 fully saturated rings. The fraction of sp³-hybridized carbons (Fsp3) is 0.278. The van der Waals surface area contributed by atoms with Gasteiger partial charge in [0.2, 0.25) is 0 Å². The molecule has 2 amide bonds. The zero-order valence-electron chi connectivity index (χ0n) is 14.2. The van der Waals surface area contributed by atoms with E-state index in [0.717, 1.165) is 16.6 Å². The molecule has 0 bridgehead atoms. The van der Waals surface area contributed by atoms with Crippen LogP contribution < -0.4 is 0 Å². The van der Waals surface area contributed by atoms with Crippen molar-refractivity contribution in [1.82, 2.24) is 24.6 Å². The third-order valence-electron chi connectivity index (χ3n) is 4.51. The van der Waals surface area contributed by atoms with Crippen LogP contribution in [0.5, 0.6) is 0 Å². The van der Waals surface area contributed by atoms with Gasteiger partial charge in [-0.1, -0.05) is 0 Å². The molecule has 7 heteroatoms. The highest BCUT2D eigenvalue weighted by molar-refractivity contribution is 5.98. The maximum Gasteiger partial charge on any atom is 0.273 e. The first-order valence-electron chi connectivity index (χ1n) is 8.18. The Bertz CT molecular complexity index is 969. The topological polar surface area (TPSA) is 74.2 Å². The lowest BCUT2D eigenvalue weighted by molar-refractivity contribution is 0.0704. The third kappa shape index (κ3) is 2.67. The number of aromatic nitrogens is 3. The van der Waals surface area contributed by atoms with Gasteiger partial charge in [-0.3, -0.25) is 14.3 Å². The first kappa shape index (κ1) is 15.4. The second-order valence-electron chi connectivity index (χ2n) is 6.45. The number of hydrogen-bond donors (Lipinski definition) is 1. The van der Waals surface area contributed by atoms with Crippen LogP contribution in [0.2, 0.25) is 0 Å². The Morgan fingerprint density at radius 3 is 2.80 bits per heavy atom. The highest BCUT2D eigenvalue weighted by Gasteiger charge is 2.25. The number of carbonyl (C=O) groups is 2. The minimum Gasteiger partial charge on any atom is -0.361 e. The summed E-state index contributed by atoms with van der Waals surface area (Å²) in [6, 6.07) is 9.40. The van der Waals surface area contributed by atoms with Crippen molar-refractivity contribution in [2.24, 2.45) is 0 Å². The summed E-state index contributed by atoms with van der Waals surface area (Å²) >= 11 is 0. The monoisotopic (exact) mass is 337 g/mol. The quantitative estimate of drug-likeness (QED) is 0.774. The Labute approximate surface area is 144 Å². The van der Waals surface area contributed by atoms with Crippen molar-refractivity contribution in [1.29, 1.82) is 0 Å². The van der Waals surface area contributed by atoms with E-state index in [-0.39, 0.29) is 11.8 Å². The van der Waals surface area contributed by atoms with Crippen LogP contribution in [0.15, 0.2) is 36.5 Å². The van der Waals surface area contributed by atoms with Gasteiger partial charge < -0.3 is 14.8 Å². The molecule has 3 heterocycles. The zero-order valence-corrected chi connectivity index (χ0v) is 14.2. The van der Waals surface area contributed by atoms with Gasteiger partial charge in [-0.25, -0.2) is 0 Å². The standard InChI is InChI=1S/C18H19N5O2/c1-21(2)18(25)16-10-14-11-22(7-8-23(14)20-16)17(24)13-3-4-15-12(9-13)5-6-19-15/h3-6,9-10,19H,7-8,11H2,1-2H3. The normalized spacial score (nSPS) is 13.8. The van der Waals surface area contributed by atoms with E-state index in [1.165, 1.54) is 4.90 Å². The van der Waals surface area contributed by atoms with E-state index >= 15 is 0 Å². The van der Waals surface area contributed by atoms with Crippen molar-refractivity contribution >= 4 is 22.7 Å². The highest BCUT2D eigenvalue weighted by Crippen LogP contribution is 2.19. The number of hydrogen-bond acceptors (Lipinski definition) is 3. The molecule has 0 atom stereocenters. The van der Waals surface area contributed by atoms with Crippen LogP contribution in [-0.4, -0.2) is 57.0 Å². The molecule has 0 radical (unpaired) electrons. The van der Waals surface area contributed by atoms with Crippen molar-refractivity contribution in [3.63, 3.8) is 0 Å². The lowest BCUT2D eigenvalue weighted by Crippen LogP contribution is -2.38. The van der Waals surface area contributed by atoms with Crippen molar-refractivity contribution < 1.29 is 9.59 Å². The van der Waals surface area contributed by atoms with Gasteiger partial charge >= 0.3 is 0 Å². The summed E-state index contributed by atoms with van der Waals surface area (Å²) in [5, 5.41) is 5.38. The summed E-state index contributed by atoms with van der Waals surface area (Å²) in [4.78, 5) is 31.3. The van der Waals surface area contributed by atoms with Gasteiger partial charge in [-0.05, 0) is 30.3 Å². The molecule has 128 valence electrons. The molecule has 0 unspecified atom stereocenters. The lowest BCUT2D eigenvalue weighted by Gasteiger charge is -2.27. The predicted octanol–water partition coefficient (Wildman–Crippen LogP) is 1.72. The number of H-pyrrole nitrogens is 1. The molecule has 4 rings (SSSR count).